The van der Waals surface area contributed by atoms with E-state index in [0.717, 1.165) is 22.0 Å². The summed E-state index contributed by atoms with van der Waals surface area (Å²) in [4.78, 5) is 15.3. The molecule has 1 aliphatic heterocycles. The topological polar surface area (TPSA) is 164 Å². The standard InChI is InChI=1S/C25H28N2O8/c28-13-20-22(31)23(32)24(33)25(35-20)34-17-6-7-19-18(11-17)15(12-27-19)9-10-26-21(30)8-3-14-1-4-16(29)5-2-14/h1-8,11-12,20,22-25,27-29,31-33H,9-10,13H2,(H,26,30)/b8-3-/t20-,22-,23+,24-,25-/m1/s1. The normalized spacial score (nSPS) is 24.6. The van der Waals surface area contributed by atoms with Crippen LogP contribution >= 0.6 is 0 Å². The molecule has 1 fully saturated rings. The van der Waals surface area contributed by atoms with E-state index in [1.807, 2.05) is 6.20 Å². The van der Waals surface area contributed by atoms with E-state index in [2.05, 4.69) is 10.3 Å². The molecule has 35 heavy (non-hydrogen) atoms. The number of aliphatic hydroxyl groups is 4. The first-order valence-electron chi connectivity index (χ1n) is 11.2. The van der Waals surface area contributed by atoms with Crippen LogP contribution in [0.15, 0.2) is 54.7 Å². The molecule has 0 bridgehead atoms. The van der Waals surface area contributed by atoms with Gasteiger partial charge in [0.2, 0.25) is 12.2 Å². The van der Waals surface area contributed by atoms with E-state index in [-0.39, 0.29) is 11.7 Å². The molecule has 7 N–H and O–H groups in total. The maximum atomic E-state index is 12.1. The van der Waals surface area contributed by atoms with E-state index < -0.39 is 37.3 Å². The Morgan fingerprint density at radius 1 is 1.09 bits per heavy atom. The van der Waals surface area contributed by atoms with Gasteiger partial charge in [0, 0.05) is 29.7 Å². The Kier molecular flexibility index (Phi) is 7.69. The molecule has 0 radical (unpaired) electrons. The van der Waals surface area contributed by atoms with Crippen molar-refractivity contribution < 1.29 is 39.8 Å². The number of phenols is 1. The fourth-order valence-corrected chi connectivity index (χ4v) is 3.87. The molecule has 186 valence electrons. The SMILES string of the molecule is O=C(/C=C\c1ccc(O)cc1)NCCc1c[nH]c2ccc(O[C@@H]3O[C@H](CO)[C@@H](O)[C@H](O)[C@H]3O)cc12. The number of aromatic amines is 1. The third kappa shape index (κ3) is 5.81. The lowest BCUT2D eigenvalue weighted by Crippen LogP contribution is -2.60. The molecule has 0 aliphatic carbocycles. The maximum Gasteiger partial charge on any atom is 0.244 e. The predicted octanol–water partition coefficient (Wildman–Crippen LogP) is 0.424. The van der Waals surface area contributed by atoms with Gasteiger partial charge in [-0.3, -0.25) is 4.79 Å². The van der Waals surface area contributed by atoms with Crippen molar-refractivity contribution >= 4 is 22.9 Å². The van der Waals surface area contributed by atoms with Gasteiger partial charge in [0.1, 0.15) is 35.9 Å². The molecule has 0 unspecified atom stereocenters. The number of hydrogen-bond donors (Lipinski definition) is 7. The second-order valence-corrected chi connectivity index (χ2v) is 8.30. The van der Waals surface area contributed by atoms with Crippen LogP contribution in [0.25, 0.3) is 17.0 Å². The predicted molar refractivity (Wildman–Crippen MR) is 127 cm³/mol. The fourth-order valence-electron chi connectivity index (χ4n) is 3.87. The van der Waals surface area contributed by atoms with E-state index in [1.54, 1.807) is 48.5 Å². The van der Waals surface area contributed by atoms with Crippen LogP contribution in [0.1, 0.15) is 11.1 Å². The summed E-state index contributed by atoms with van der Waals surface area (Å²) in [5.74, 6) is 0.278. The number of carbonyl (C=O) groups is 1. The number of aliphatic hydroxyl groups excluding tert-OH is 4. The third-order valence-electron chi connectivity index (χ3n) is 5.85. The van der Waals surface area contributed by atoms with E-state index in [9.17, 15) is 30.3 Å². The lowest BCUT2D eigenvalue weighted by molar-refractivity contribution is -0.277. The average Bonchev–Trinajstić information content (AvgIpc) is 3.26. The van der Waals surface area contributed by atoms with Gasteiger partial charge in [-0.05, 0) is 54.0 Å². The van der Waals surface area contributed by atoms with Gasteiger partial charge in [-0.15, -0.1) is 0 Å². The van der Waals surface area contributed by atoms with Crippen molar-refractivity contribution in [1.29, 1.82) is 0 Å². The number of nitrogens with one attached hydrogen (secondary N) is 2. The molecule has 10 heteroatoms. The maximum absolute atomic E-state index is 12.1. The Morgan fingerprint density at radius 3 is 2.60 bits per heavy atom. The van der Waals surface area contributed by atoms with Crippen LogP contribution in [-0.2, 0) is 16.0 Å². The summed E-state index contributed by atoms with van der Waals surface area (Å²) in [5.41, 5.74) is 2.57. The van der Waals surface area contributed by atoms with Crippen LogP contribution in [0.2, 0.25) is 0 Å². The molecule has 4 rings (SSSR count). The molecular formula is C25H28N2O8. The number of aromatic hydroxyl groups is 1. The zero-order valence-corrected chi connectivity index (χ0v) is 18.7. The number of ether oxygens (including phenoxy) is 2. The minimum Gasteiger partial charge on any atom is -0.508 e. The van der Waals surface area contributed by atoms with Gasteiger partial charge in [-0.1, -0.05) is 12.1 Å². The second-order valence-electron chi connectivity index (χ2n) is 8.30. The summed E-state index contributed by atoms with van der Waals surface area (Å²) in [6.07, 6.45) is -1.36. The first-order valence-corrected chi connectivity index (χ1v) is 11.2. The van der Waals surface area contributed by atoms with Gasteiger partial charge in [-0.2, -0.15) is 0 Å². The largest absolute Gasteiger partial charge is 0.508 e. The molecule has 2 aromatic carbocycles. The highest BCUT2D eigenvalue weighted by Gasteiger charge is 2.44. The Balaban J connectivity index is 1.36. The molecular weight excluding hydrogens is 456 g/mol. The zero-order chi connectivity index (χ0) is 24.9. The van der Waals surface area contributed by atoms with Crippen LogP contribution in [0.5, 0.6) is 11.5 Å². The third-order valence-corrected chi connectivity index (χ3v) is 5.85. The quantitative estimate of drug-likeness (QED) is 0.226. The Hall–Kier alpha value is -3.41. The molecule has 3 aromatic rings. The smallest absolute Gasteiger partial charge is 0.244 e. The molecule has 5 atom stereocenters. The van der Waals surface area contributed by atoms with Gasteiger partial charge in [-0.25, -0.2) is 0 Å². The Morgan fingerprint density at radius 2 is 1.86 bits per heavy atom. The average molecular weight is 485 g/mol. The second kappa shape index (κ2) is 10.9. The van der Waals surface area contributed by atoms with Crippen LogP contribution in [0.4, 0.5) is 0 Å². The molecule has 0 saturated carbocycles. The summed E-state index contributed by atoms with van der Waals surface area (Å²) >= 11 is 0. The van der Waals surface area contributed by atoms with E-state index >= 15 is 0 Å². The van der Waals surface area contributed by atoms with Gasteiger partial charge in [0.25, 0.3) is 0 Å². The van der Waals surface area contributed by atoms with Crippen molar-refractivity contribution in [2.24, 2.45) is 0 Å². The highest BCUT2D eigenvalue weighted by molar-refractivity contribution is 5.91. The van der Waals surface area contributed by atoms with Crippen molar-refractivity contribution in [3.63, 3.8) is 0 Å². The van der Waals surface area contributed by atoms with Crippen LogP contribution in [0.3, 0.4) is 0 Å². The number of amides is 1. The minimum atomic E-state index is -1.52. The molecule has 10 nitrogen and oxygen atoms in total. The van der Waals surface area contributed by atoms with E-state index in [0.29, 0.717) is 18.7 Å². The van der Waals surface area contributed by atoms with Gasteiger partial charge >= 0.3 is 0 Å². The summed E-state index contributed by atoms with van der Waals surface area (Å²) in [6.45, 7) is -0.148. The summed E-state index contributed by atoms with van der Waals surface area (Å²) in [5, 5.41) is 52.4. The number of hydrogen-bond acceptors (Lipinski definition) is 8. The van der Waals surface area contributed by atoms with Crippen molar-refractivity contribution in [2.45, 2.75) is 37.1 Å². The molecule has 2 heterocycles. The minimum absolute atomic E-state index is 0.159. The number of carbonyl (C=O) groups excluding carboxylic acids is 1. The van der Waals surface area contributed by atoms with Gasteiger partial charge in [0.15, 0.2) is 0 Å². The molecule has 1 aromatic heterocycles. The molecule has 1 saturated heterocycles. The van der Waals surface area contributed by atoms with Gasteiger partial charge in [0.05, 0.1) is 6.61 Å². The number of fused-ring (bicyclic) bond motifs is 1. The number of benzene rings is 2. The first kappa shape index (κ1) is 24.7. The van der Waals surface area contributed by atoms with Crippen molar-refractivity contribution in [1.82, 2.24) is 10.3 Å². The Labute approximate surface area is 201 Å². The van der Waals surface area contributed by atoms with Crippen molar-refractivity contribution in [3.05, 3.63) is 65.9 Å². The number of phenolic OH excluding ortho intramolecular Hbond substituents is 1. The van der Waals surface area contributed by atoms with Crippen LogP contribution in [-0.4, -0.2) is 80.3 Å². The lowest BCUT2D eigenvalue weighted by atomic mass is 9.99. The summed E-state index contributed by atoms with van der Waals surface area (Å²) < 4.78 is 11.1. The van der Waals surface area contributed by atoms with E-state index in [4.69, 9.17) is 9.47 Å². The zero-order valence-electron chi connectivity index (χ0n) is 18.7. The van der Waals surface area contributed by atoms with Crippen LogP contribution < -0.4 is 10.1 Å². The monoisotopic (exact) mass is 484 g/mol. The Bertz CT molecular complexity index is 1170. The summed E-state index contributed by atoms with van der Waals surface area (Å²) in [6, 6.07) is 11.7. The lowest BCUT2D eigenvalue weighted by Gasteiger charge is -2.39. The molecule has 1 amide bonds. The molecule has 1 aliphatic rings. The van der Waals surface area contributed by atoms with Gasteiger partial charge < -0.3 is 45.3 Å². The summed E-state index contributed by atoms with van der Waals surface area (Å²) in [7, 11) is 0. The highest BCUT2D eigenvalue weighted by Crippen LogP contribution is 2.28. The molecule has 0 spiro atoms. The van der Waals surface area contributed by atoms with Crippen molar-refractivity contribution in [2.75, 3.05) is 13.2 Å². The number of H-pyrrole nitrogens is 1. The number of aromatic nitrogens is 1. The van der Waals surface area contributed by atoms with Crippen molar-refractivity contribution in [3.8, 4) is 11.5 Å². The first-order chi connectivity index (χ1) is 16.9. The van der Waals surface area contributed by atoms with E-state index in [1.165, 1.54) is 6.08 Å². The fraction of sp³-hybridized carbons (Fsp3) is 0.320. The van der Waals surface area contributed by atoms with Crippen LogP contribution in [0, 0.1) is 0 Å². The highest BCUT2D eigenvalue weighted by atomic mass is 16.7. The number of rotatable bonds is 8.